The predicted octanol–water partition coefficient (Wildman–Crippen LogP) is 2.10. The van der Waals surface area contributed by atoms with E-state index < -0.39 is 0 Å². The molecular formula is C15H26N2O. The minimum absolute atomic E-state index is 0.213. The van der Waals surface area contributed by atoms with Crippen molar-refractivity contribution in [2.45, 2.75) is 40.2 Å². The first kappa shape index (κ1) is 15.0. The quantitative estimate of drug-likeness (QED) is 0.760. The van der Waals surface area contributed by atoms with Crippen LogP contribution in [0.25, 0.3) is 0 Å². The SMILES string of the molecule is COc1cc(C)c(CCNCC(C)N)c(C)c1C. The number of ether oxygens (including phenoxy) is 1. The van der Waals surface area contributed by atoms with Gasteiger partial charge >= 0.3 is 0 Å². The lowest BCUT2D eigenvalue weighted by atomic mass is 9.95. The number of nitrogens with one attached hydrogen (secondary N) is 1. The van der Waals surface area contributed by atoms with Crippen molar-refractivity contribution in [2.75, 3.05) is 20.2 Å². The van der Waals surface area contributed by atoms with Gasteiger partial charge in [-0.1, -0.05) is 0 Å². The van der Waals surface area contributed by atoms with Crippen molar-refractivity contribution in [3.05, 3.63) is 28.3 Å². The van der Waals surface area contributed by atoms with Crippen molar-refractivity contribution in [3.63, 3.8) is 0 Å². The molecule has 0 spiro atoms. The molecule has 1 atom stereocenters. The minimum Gasteiger partial charge on any atom is -0.496 e. The molecule has 0 aliphatic rings. The molecule has 0 bridgehead atoms. The summed E-state index contributed by atoms with van der Waals surface area (Å²) >= 11 is 0. The lowest BCUT2D eigenvalue weighted by Crippen LogP contribution is -2.32. The van der Waals surface area contributed by atoms with E-state index in [2.05, 4.69) is 32.2 Å². The smallest absolute Gasteiger partial charge is 0.122 e. The summed E-state index contributed by atoms with van der Waals surface area (Å²) in [6.07, 6.45) is 1.04. The van der Waals surface area contributed by atoms with Crippen molar-refractivity contribution < 1.29 is 4.74 Å². The van der Waals surface area contributed by atoms with Gasteiger partial charge in [-0.15, -0.1) is 0 Å². The van der Waals surface area contributed by atoms with Crippen molar-refractivity contribution >= 4 is 0 Å². The second-order valence-corrected chi connectivity index (χ2v) is 5.06. The molecule has 0 radical (unpaired) electrons. The molecule has 18 heavy (non-hydrogen) atoms. The standard InChI is InChI=1S/C15H26N2O/c1-10-8-15(18-5)13(4)12(3)14(10)6-7-17-9-11(2)16/h8,11,17H,6-7,9,16H2,1-5H3. The van der Waals surface area contributed by atoms with Gasteiger partial charge in [-0.2, -0.15) is 0 Å². The zero-order valence-corrected chi connectivity index (χ0v) is 12.3. The molecule has 0 amide bonds. The van der Waals surface area contributed by atoms with Crippen LogP contribution in [-0.4, -0.2) is 26.2 Å². The Hall–Kier alpha value is -1.06. The molecule has 102 valence electrons. The van der Waals surface area contributed by atoms with E-state index in [4.69, 9.17) is 10.5 Å². The maximum absolute atomic E-state index is 5.71. The Morgan fingerprint density at radius 2 is 1.94 bits per heavy atom. The molecule has 0 heterocycles. The van der Waals surface area contributed by atoms with Gasteiger partial charge in [0.25, 0.3) is 0 Å². The molecule has 0 fully saturated rings. The number of methoxy groups -OCH3 is 1. The average molecular weight is 250 g/mol. The Balaban J connectivity index is 2.74. The van der Waals surface area contributed by atoms with Gasteiger partial charge in [-0.3, -0.25) is 0 Å². The van der Waals surface area contributed by atoms with Gasteiger partial charge in [0, 0.05) is 12.6 Å². The Bertz CT molecular complexity index is 400. The molecule has 3 heteroatoms. The average Bonchev–Trinajstić information content (AvgIpc) is 2.32. The summed E-state index contributed by atoms with van der Waals surface area (Å²) in [5.41, 5.74) is 11.0. The van der Waals surface area contributed by atoms with E-state index in [1.54, 1.807) is 7.11 Å². The Morgan fingerprint density at radius 1 is 1.28 bits per heavy atom. The van der Waals surface area contributed by atoms with Crippen LogP contribution in [0.1, 0.15) is 29.2 Å². The molecule has 0 saturated carbocycles. The molecule has 3 nitrogen and oxygen atoms in total. The second-order valence-electron chi connectivity index (χ2n) is 5.06. The monoisotopic (exact) mass is 250 g/mol. The molecule has 0 aromatic heterocycles. The van der Waals surface area contributed by atoms with Crippen LogP contribution in [0.15, 0.2) is 6.07 Å². The molecule has 1 unspecified atom stereocenters. The Labute approximate surface area is 111 Å². The van der Waals surface area contributed by atoms with Gasteiger partial charge < -0.3 is 15.8 Å². The van der Waals surface area contributed by atoms with E-state index in [1.165, 1.54) is 22.3 Å². The Morgan fingerprint density at radius 3 is 2.50 bits per heavy atom. The summed E-state index contributed by atoms with van der Waals surface area (Å²) in [4.78, 5) is 0. The normalized spacial score (nSPS) is 12.6. The lowest BCUT2D eigenvalue weighted by molar-refractivity contribution is 0.410. The van der Waals surface area contributed by atoms with E-state index >= 15 is 0 Å². The van der Waals surface area contributed by atoms with E-state index in [-0.39, 0.29) is 6.04 Å². The largest absolute Gasteiger partial charge is 0.496 e. The highest BCUT2D eigenvalue weighted by Crippen LogP contribution is 2.27. The topological polar surface area (TPSA) is 47.3 Å². The minimum atomic E-state index is 0.213. The third-order valence-electron chi connectivity index (χ3n) is 3.45. The first-order valence-electron chi connectivity index (χ1n) is 6.57. The van der Waals surface area contributed by atoms with Crippen molar-refractivity contribution in [1.82, 2.24) is 5.32 Å². The molecule has 3 N–H and O–H groups in total. The van der Waals surface area contributed by atoms with E-state index in [0.29, 0.717) is 0 Å². The maximum atomic E-state index is 5.71. The van der Waals surface area contributed by atoms with Crippen molar-refractivity contribution in [2.24, 2.45) is 5.73 Å². The fourth-order valence-electron chi connectivity index (χ4n) is 2.24. The molecular weight excluding hydrogens is 224 g/mol. The fraction of sp³-hybridized carbons (Fsp3) is 0.600. The van der Waals surface area contributed by atoms with Crippen LogP contribution in [-0.2, 0) is 6.42 Å². The van der Waals surface area contributed by atoms with Crippen LogP contribution in [0.3, 0.4) is 0 Å². The summed E-state index contributed by atoms with van der Waals surface area (Å²) in [7, 11) is 1.73. The van der Waals surface area contributed by atoms with E-state index in [0.717, 1.165) is 25.3 Å². The molecule has 1 rings (SSSR count). The fourth-order valence-corrected chi connectivity index (χ4v) is 2.24. The molecule has 0 aliphatic heterocycles. The number of aryl methyl sites for hydroxylation is 1. The van der Waals surface area contributed by atoms with Gasteiger partial charge in [0.1, 0.15) is 5.75 Å². The maximum Gasteiger partial charge on any atom is 0.122 e. The number of hydrogen-bond acceptors (Lipinski definition) is 3. The highest BCUT2D eigenvalue weighted by Gasteiger charge is 2.10. The van der Waals surface area contributed by atoms with Crippen LogP contribution in [0.5, 0.6) is 5.75 Å². The predicted molar refractivity (Wildman–Crippen MR) is 77.4 cm³/mol. The van der Waals surface area contributed by atoms with Gasteiger partial charge in [0.15, 0.2) is 0 Å². The summed E-state index contributed by atoms with van der Waals surface area (Å²) in [6, 6.07) is 2.34. The zero-order chi connectivity index (χ0) is 13.7. The third kappa shape index (κ3) is 3.72. The number of nitrogens with two attached hydrogens (primary N) is 1. The van der Waals surface area contributed by atoms with Crippen molar-refractivity contribution in [1.29, 1.82) is 0 Å². The number of benzene rings is 1. The summed E-state index contributed by atoms with van der Waals surface area (Å²) in [5, 5.41) is 3.38. The second kappa shape index (κ2) is 6.76. The number of rotatable bonds is 6. The van der Waals surface area contributed by atoms with E-state index in [1.807, 2.05) is 6.92 Å². The van der Waals surface area contributed by atoms with Crippen LogP contribution >= 0.6 is 0 Å². The first-order chi connectivity index (χ1) is 8.47. The molecule has 0 saturated heterocycles. The van der Waals surface area contributed by atoms with Gasteiger partial charge in [0.2, 0.25) is 0 Å². The van der Waals surface area contributed by atoms with Crippen molar-refractivity contribution in [3.8, 4) is 5.75 Å². The molecule has 1 aromatic carbocycles. The van der Waals surface area contributed by atoms with Crippen LogP contribution in [0.2, 0.25) is 0 Å². The van der Waals surface area contributed by atoms with Gasteiger partial charge in [0.05, 0.1) is 7.11 Å². The highest BCUT2D eigenvalue weighted by atomic mass is 16.5. The Kier molecular flexibility index (Phi) is 5.63. The summed E-state index contributed by atoms with van der Waals surface area (Å²) < 4.78 is 5.39. The molecule has 1 aromatic rings. The van der Waals surface area contributed by atoms with Gasteiger partial charge in [-0.05, 0) is 69.0 Å². The van der Waals surface area contributed by atoms with Gasteiger partial charge in [-0.25, -0.2) is 0 Å². The zero-order valence-electron chi connectivity index (χ0n) is 12.3. The summed E-state index contributed by atoms with van der Waals surface area (Å²) in [5.74, 6) is 0.984. The van der Waals surface area contributed by atoms with Crippen LogP contribution in [0, 0.1) is 20.8 Å². The first-order valence-corrected chi connectivity index (χ1v) is 6.57. The van der Waals surface area contributed by atoms with Crippen LogP contribution < -0.4 is 15.8 Å². The highest BCUT2D eigenvalue weighted by molar-refractivity contribution is 5.48. The molecule has 0 aliphatic carbocycles. The van der Waals surface area contributed by atoms with Crippen LogP contribution in [0.4, 0.5) is 0 Å². The lowest BCUT2D eigenvalue weighted by Gasteiger charge is -2.16. The summed E-state index contributed by atoms with van der Waals surface area (Å²) in [6.45, 7) is 10.3. The third-order valence-corrected chi connectivity index (χ3v) is 3.45. The van der Waals surface area contributed by atoms with E-state index in [9.17, 15) is 0 Å². The number of hydrogen-bond donors (Lipinski definition) is 2.